The Kier molecular flexibility index (Phi) is 0.968. The van der Waals surface area contributed by atoms with Gasteiger partial charge in [0.2, 0.25) is 0 Å². The number of rotatable bonds is 0. The van der Waals surface area contributed by atoms with Crippen LogP contribution in [0.1, 0.15) is 0 Å². The minimum atomic E-state index is 0.931. The van der Waals surface area contributed by atoms with Crippen molar-refractivity contribution < 1.29 is 4.74 Å². The summed E-state index contributed by atoms with van der Waals surface area (Å²) >= 11 is 0. The van der Waals surface area contributed by atoms with Crippen LogP contribution in [0.15, 0.2) is 0 Å². The highest BCUT2D eigenvalue weighted by molar-refractivity contribution is 5.04. The largest absolute Gasteiger partial charge is 0.381 e. The van der Waals surface area contributed by atoms with Gasteiger partial charge in [-0.1, -0.05) is 0 Å². The predicted molar refractivity (Wildman–Crippen MR) is 37.6 cm³/mol. The van der Waals surface area contributed by atoms with Crippen LogP contribution in [-0.2, 0) is 4.74 Å². The molecule has 1 saturated carbocycles. The van der Waals surface area contributed by atoms with E-state index in [1.54, 1.807) is 0 Å². The molecule has 3 aliphatic rings. The van der Waals surface area contributed by atoms with Gasteiger partial charge in [0.05, 0.1) is 13.2 Å². The van der Waals surface area contributed by atoms with Crippen molar-refractivity contribution >= 4 is 0 Å². The van der Waals surface area contributed by atoms with E-state index in [4.69, 9.17) is 4.74 Å². The molecule has 0 aromatic rings. The molecule has 3 rings (SSSR count). The Morgan fingerprint density at radius 3 is 2.10 bits per heavy atom. The fourth-order valence-corrected chi connectivity index (χ4v) is 2.98. The van der Waals surface area contributed by atoms with Crippen LogP contribution >= 0.6 is 0 Å². The average molecular weight is 139 g/mol. The molecule has 0 aromatic heterocycles. The van der Waals surface area contributed by atoms with Gasteiger partial charge in [-0.3, -0.25) is 0 Å². The highest BCUT2D eigenvalue weighted by Crippen LogP contribution is 2.51. The van der Waals surface area contributed by atoms with Crippen LogP contribution in [0.5, 0.6) is 0 Å². The Labute approximate surface area is 60.9 Å². The maximum Gasteiger partial charge on any atom is 0.0501 e. The summed E-state index contributed by atoms with van der Waals surface area (Å²) in [4.78, 5) is 0. The number of hydrogen-bond donors (Lipinski definition) is 1. The highest BCUT2D eigenvalue weighted by atomic mass is 16.5. The van der Waals surface area contributed by atoms with Gasteiger partial charge in [0, 0.05) is 0 Å². The summed E-state index contributed by atoms with van der Waals surface area (Å²) in [6.07, 6.45) is 0. The molecule has 2 saturated heterocycles. The molecule has 0 amide bonds. The summed E-state index contributed by atoms with van der Waals surface area (Å²) in [5.74, 6) is 3.82. The van der Waals surface area contributed by atoms with Gasteiger partial charge >= 0.3 is 0 Å². The van der Waals surface area contributed by atoms with Crippen molar-refractivity contribution in [2.24, 2.45) is 23.7 Å². The Balaban J connectivity index is 1.84. The smallest absolute Gasteiger partial charge is 0.0501 e. The number of fused-ring (bicyclic) bond motifs is 4. The van der Waals surface area contributed by atoms with Gasteiger partial charge in [0.25, 0.3) is 0 Å². The summed E-state index contributed by atoms with van der Waals surface area (Å²) in [5.41, 5.74) is 0. The first-order chi connectivity index (χ1) is 4.97. The van der Waals surface area contributed by atoms with Gasteiger partial charge in [-0.2, -0.15) is 0 Å². The fourth-order valence-electron chi connectivity index (χ4n) is 2.98. The third-order valence-electron chi connectivity index (χ3n) is 3.58. The molecule has 0 aromatic carbocycles. The molecule has 1 aliphatic carbocycles. The second-order valence-electron chi connectivity index (χ2n) is 3.85. The molecular formula is C8H13NO. The van der Waals surface area contributed by atoms with Gasteiger partial charge in [0.15, 0.2) is 0 Å². The molecule has 1 N–H and O–H groups in total. The van der Waals surface area contributed by atoms with Crippen LogP contribution in [-0.4, -0.2) is 26.3 Å². The molecule has 0 unspecified atom stereocenters. The van der Waals surface area contributed by atoms with Crippen molar-refractivity contribution in [2.45, 2.75) is 0 Å². The normalized spacial score (nSPS) is 57.6. The minimum Gasteiger partial charge on any atom is -0.381 e. The zero-order valence-electron chi connectivity index (χ0n) is 6.05. The molecule has 2 heteroatoms. The first kappa shape index (κ1) is 5.56. The van der Waals surface area contributed by atoms with Gasteiger partial charge in [-0.25, -0.2) is 0 Å². The van der Waals surface area contributed by atoms with E-state index >= 15 is 0 Å². The van der Waals surface area contributed by atoms with Crippen molar-refractivity contribution in [1.82, 2.24) is 5.32 Å². The molecule has 56 valence electrons. The first-order valence-electron chi connectivity index (χ1n) is 4.25. The fraction of sp³-hybridized carbons (Fsp3) is 1.00. The minimum absolute atomic E-state index is 0.931. The maximum atomic E-state index is 5.44. The molecule has 2 heterocycles. The van der Waals surface area contributed by atoms with Crippen molar-refractivity contribution in [3.8, 4) is 0 Å². The van der Waals surface area contributed by atoms with E-state index < -0.39 is 0 Å². The van der Waals surface area contributed by atoms with E-state index in [0.29, 0.717) is 0 Å². The molecule has 2 aliphatic heterocycles. The lowest BCUT2D eigenvalue weighted by Crippen LogP contribution is -2.44. The van der Waals surface area contributed by atoms with Crippen LogP contribution in [0.3, 0.4) is 0 Å². The standard InChI is InChI=1S/C8H13NO/c1-5-6(2-9-1)8-4-10-3-7(5)8/h5-9H,1-4H2/t5-,6+,7+,8-. The van der Waals surface area contributed by atoms with Gasteiger partial charge < -0.3 is 10.1 Å². The van der Waals surface area contributed by atoms with Crippen LogP contribution in [0.2, 0.25) is 0 Å². The first-order valence-corrected chi connectivity index (χ1v) is 4.25. The van der Waals surface area contributed by atoms with E-state index in [9.17, 15) is 0 Å². The van der Waals surface area contributed by atoms with Gasteiger partial charge in [-0.15, -0.1) is 0 Å². The number of nitrogens with one attached hydrogen (secondary N) is 1. The predicted octanol–water partition coefficient (Wildman–Crippen LogP) is 0.0982. The Morgan fingerprint density at radius 1 is 0.900 bits per heavy atom. The summed E-state index contributed by atoms with van der Waals surface area (Å²) in [6.45, 7) is 4.62. The Bertz CT molecular complexity index is 117. The summed E-state index contributed by atoms with van der Waals surface area (Å²) in [6, 6.07) is 0. The van der Waals surface area contributed by atoms with Crippen LogP contribution < -0.4 is 5.32 Å². The van der Waals surface area contributed by atoms with Crippen LogP contribution in [0.4, 0.5) is 0 Å². The van der Waals surface area contributed by atoms with Gasteiger partial charge in [-0.05, 0) is 36.8 Å². The average Bonchev–Trinajstić information content (AvgIpc) is 2.42. The number of ether oxygens (including phenoxy) is 1. The second kappa shape index (κ2) is 1.74. The second-order valence-corrected chi connectivity index (χ2v) is 3.85. The topological polar surface area (TPSA) is 21.3 Å². The summed E-state index contributed by atoms with van der Waals surface area (Å²) in [7, 11) is 0. The molecular weight excluding hydrogens is 126 g/mol. The van der Waals surface area contributed by atoms with E-state index in [1.165, 1.54) is 13.1 Å². The zero-order chi connectivity index (χ0) is 6.55. The lowest BCUT2D eigenvalue weighted by molar-refractivity contribution is 0.0629. The van der Waals surface area contributed by atoms with E-state index in [-0.39, 0.29) is 0 Å². The third kappa shape index (κ3) is 0.487. The molecule has 0 bridgehead atoms. The van der Waals surface area contributed by atoms with E-state index in [2.05, 4.69) is 5.32 Å². The zero-order valence-corrected chi connectivity index (χ0v) is 6.05. The highest BCUT2D eigenvalue weighted by Gasteiger charge is 2.54. The lowest BCUT2D eigenvalue weighted by Gasteiger charge is -2.42. The van der Waals surface area contributed by atoms with Crippen molar-refractivity contribution in [3.63, 3.8) is 0 Å². The summed E-state index contributed by atoms with van der Waals surface area (Å²) in [5, 5.41) is 3.46. The SMILES string of the molecule is C1NC[C@H]2[C@@H]1[C@@H]1COC[C@H]21. The number of hydrogen-bond acceptors (Lipinski definition) is 2. The quantitative estimate of drug-likeness (QED) is 0.514. The molecule has 0 radical (unpaired) electrons. The maximum absolute atomic E-state index is 5.44. The van der Waals surface area contributed by atoms with Crippen LogP contribution in [0, 0.1) is 23.7 Å². The summed E-state index contributed by atoms with van der Waals surface area (Å²) < 4.78 is 5.44. The third-order valence-corrected chi connectivity index (χ3v) is 3.58. The molecule has 4 atom stereocenters. The van der Waals surface area contributed by atoms with E-state index in [0.717, 1.165) is 36.9 Å². The van der Waals surface area contributed by atoms with Crippen LogP contribution in [0.25, 0.3) is 0 Å². The molecule has 10 heavy (non-hydrogen) atoms. The van der Waals surface area contributed by atoms with Crippen molar-refractivity contribution in [1.29, 1.82) is 0 Å². The molecule has 3 fully saturated rings. The van der Waals surface area contributed by atoms with E-state index in [1.807, 2.05) is 0 Å². The molecule has 2 nitrogen and oxygen atoms in total. The molecule has 0 spiro atoms. The Morgan fingerprint density at radius 2 is 1.50 bits per heavy atom. The van der Waals surface area contributed by atoms with Crippen molar-refractivity contribution in [3.05, 3.63) is 0 Å². The Hall–Kier alpha value is -0.0800. The van der Waals surface area contributed by atoms with Gasteiger partial charge in [0.1, 0.15) is 0 Å². The van der Waals surface area contributed by atoms with Crippen molar-refractivity contribution in [2.75, 3.05) is 26.3 Å². The lowest BCUT2D eigenvalue weighted by atomic mass is 9.60. The monoisotopic (exact) mass is 139 g/mol.